The molecule has 0 fully saturated rings. The number of nitrogens with one attached hydrogen (secondary N) is 1. The van der Waals surface area contributed by atoms with E-state index in [0.717, 1.165) is 44.6 Å². The molecule has 0 bridgehead atoms. The molecule has 2 unspecified atom stereocenters. The fraction of sp³-hybridized carbons (Fsp3) is 0.647. The quantitative estimate of drug-likeness (QED) is 0.785. The molecule has 0 aromatic heterocycles. The van der Waals surface area contributed by atoms with Gasteiger partial charge in [0.2, 0.25) is 0 Å². The van der Waals surface area contributed by atoms with E-state index in [2.05, 4.69) is 37.4 Å². The fourth-order valence-electron chi connectivity index (χ4n) is 2.79. The number of aliphatic hydroxyl groups is 1. The molecule has 0 radical (unpaired) electrons. The predicted octanol–water partition coefficient (Wildman–Crippen LogP) is 3.21. The zero-order valence-corrected chi connectivity index (χ0v) is 12.7. The minimum atomic E-state index is 0.291. The van der Waals surface area contributed by atoms with Crippen LogP contribution in [0.2, 0.25) is 0 Å². The van der Waals surface area contributed by atoms with Crippen LogP contribution in [0.3, 0.4) is 0 Å². The van der Waals surface area contributed by atoms with Crippen molar-refractivity contribution in [3.8, 4) is 5.75 Å². The van der Waals surface area contributed by atoms with E-state index in [4.69, 9.17) is 9.84 Å². The van der Waals surface area contributed by atoms with Crippen molar-refractivity contribution in [2.45, 2.75) is 45.6 Å². The summed E-state index contributed by atoms with van der Waals surface area (Å²) in [6.07, 6.45) is 4.42. The van der Waals surface area contributed by atoms with Crippen molar-refractivity contribution in [2.24, 2.45) is 5.92 Å². The number of rotatable bonds is 6. The molecule has 1 aliphatic rings. The lowest BCUT2D eigenvalue weighted by Gasteiger charge is -2.19. The number of benzene rings is 1. The smallest absolute Gasteiger partial charge is 0.126 e. The van der Waals surface area contributed by atoms with Crippen LogP contribution in [0, 0.1) is 12.8 Å². The van der Waals surface area contributed by atoms with Crippen molar-refractivity contribution in [1.29, 1.82) is 0 Å². The van der Waals surface area contributed by atoms with Gasteiger partial charge in [0, 0.05) is 18.2 Å². The van der Waals surface area contributed by atoms with Crippen LogP contribution in [0.1, 0.15) is 49.8 Å². The van der Waals surface area contributed by atoms with E-state index in [1.54, 1.807) is 0 Å². The van der Waals surface area contributed by atoms with E-state index in [-0.39, 0.29) is 0 Å². The number of para-hydroxylation sites is 1. The summed E-state index contributed by atoms with van der Waals surface area (Å²) in [4.78, 5) is 0. The minimum Gasteiger partial charge on any atom is -0.493 e. The SMILES string of the molecule is Cc1cccc2c1OCCCC2NCCCC(C)CO. The van der Waals surface area contributed by atoms with Gasteiger partial charge in [-0.1, -0.05) is 25.1 Å². The Kier molecular flexibility index (Phi) is 5.86. The molecular weight excluding hydrogens is 250 g/mol. The van der Waals surface area contributed by atoms with Gasteiger partial charge >= 0.3 is 0 Å². The molecule has 20 heavy (non-hydrogen) atoms. The predicted molar refractivity (Wildman–Crippen MR) is 82.1 cm³/mol. The van der Waals surface area contributed by atoms with Crippen molar-refractivity contribution in [3.05, 3.63) is 29.3 Å². The average Bonchev–Trinajstić information content (AvgIpc) is 2.67. The van der Waals surface area contributed by atoms with Crippen LogP contribution in [0.4, 0.5) is 0 Å². The first kappa shape index (κ1) is 15.3. The van der Waals surface area contributed by atoms with Crippen molar-refractivity contribution in [1.82, 2.24) is 5.32 Å². The minimum absolute atomic E-state index is 0.291. The largest absolute Gasteiger partial charge is 0.493 e. The summed E-state index contributed by atoms with van der Waals surface area (Å²) in [6, 6.07) is 6.81. The monoisotopic (exact) mass is 277 g/mol. The number of aryl methyl sites for hydroxylation is 1. The maximum atomic E-state index is 9.04. The topological polar surface area (TPSA) is 41.5 Å². The standard InChI is InChI=1S/C17H27NO2/c1-13(12-19)6-4-10-18-16-9-5-11-20-17-14(2)7-3-8-15(16)17/h3,7-8,13,16,18-19H,4-6,9-12H2,1-2H3. The highest BCUT2D eigenvalue weighted by Gasteiger charge is 2.20. The molecule has 0 saturated carbocycles. The van der Waals surface area contributed by atoms with Crippen molar-refractivity contribution in [2.75, 3.05) is 19.8 Å². The van der Waals surface area contributed by atoms with Gasteiger partial charge in [0.05, 0.1) is 6.61 Å². The highest BCUT2D eigenvalue weighted by atomic mass is 16.5. The highest BCUT2D eigenvalue weighted by Crippen LogP contribution is 2.33. The van der Waals surface area contributed by atoms with E-state index in [1.165, 1.54) is 11.1 Å². The Hall–Kier alpha value is -1.06. The van der Waals surface area contributed by atoms with Crippen LogP contribution in [-0.2, 0) is 0 Å². The molecule has 0 saturated heterocycles. The molecule has 1 aliphatic heterocycles. The summed E-state index contributed by atoms with van der Waals surface area (Å²) >= 11 is 0. The van der Waals surface area contributed by atoms with Crippen LogP contribution in [0.5, 0.6) is 5.75 Å². The lowest BCUT2D eigenvalue weighted by molar-refractivity contribution is 0.227. The van der Waals surface area contributed by atoms with Crippen molar-refractivity contribution >= 4 is 0 Å². The summed E-state index contributed by atoms with van der Waals surface area (Å²) in [6.45, 7) is 6.32. The third-order valence-electron chi connectivity index (χ3n) is 4.08. The number of fused-ring (bicyclic) bond motifs is 1. The van der Waals surface area contributed by atoms with Crippen LogP contribution in [0.25, 0.3) is 0 Å². The Balaban J connectivity index is 1.93. The van der Waals surface area contributed by atoms with Gasteiger partial charge in [-0.25, -0.2) is 0 Å². The molecule has 2 rings (SSSR count). The molecule has 1 heterocycles. The number of hydrogen-bond donors (Lipinski definition) is 2. The molecule has 2 N–H and O–H groups in total. The first-order chi connectivity index (χ1) is 9.72. The average molecular weight is 277 g/mol. The van der Waals surface area contributed by atoms with E-state index in [9.17, 15) is 0 Å². The lowest BCUT2D eigenvalue weighted by atomic mass is 9.99. The summed E-state index contributed by atoms with van der Waals surface area (Å²) < 4.78 is 5.90. The van der Waals surface area contributed by atoms with Gasteiger partial charge in [0.15, 0.2) is 0 Å². The van der Waals surface area contributed by atoms with Gasteiger partial charge in [-0.15, -0.1) is 0 Å². The zero-order valence-electron chi connectivity index (χ0n) is 12.7. The van der Waals surface area contributed by atoms with Gasteiger partial charge in [-0.2, -0.15) is 0 Å². The number of ether oxygens (including phenoxy) is 1. The van der Waals surface area contributed by atoms with E-state index in [0.29, 0.717) is 18.6 Å². The van der Waals surface area contributed by atoms with Gasteiger partial charge in [-0.05, 0) is 50.6 Å². The van der Waals surface area contributed by atoms with Crippen LogP contribution < -0.4 is 10.1 Å². The highest BCUT2D eigenvalue weighted by molar-refractivity contribution is 5.43. The zero-order chi connectivity index (χ0) is 14.4. The Morgan fingerprint density at radius 1 is 1.45 bits per heavy atom. The van der Waals surface area contributed by atoms with Gasteiger partial charge in [0.1, 0.15) is 5.75 Å². The third-order valence-corrected chi connectivity index (χ3v) is 4.08. The maximum Gasteiger partial charge on any atom is 0.126 e. The van der Waals surface area contributed by atoms with Gasteiger partial charge in [0.25, 0.3) is 0 Å². The van der Waals surface area contributed by atoms with Crippen LogP contribution >= 0.6 is 0 Å². The normalized spacial score (nSPS) is 19.9. The van der Waals surface area contributed by atoms with Gasteiger partial charge < -0.3 is 15.2 Å². The Morgan fingerprint density at radius 2 is 2.30 bits per heavy atom. The second kappa shape index (κ2) is 7.65. The molecule has 3 nitrogen and oxygen atoms in total. The molecule has 1 aromatic rings. The van der Waals surface area contributed by atoms with E-state index in [1.807, 2.05) is 0 Å². The Labute approximate surface area is 122 Å². The fourth-order valence-corrected chi connectivity index (χ4v) is 2.79. The molecule has 1 aromatic carbocycles. The summed E-state index contributed by atoms with van der Waals surface area (Å²) in [7, 11) is 0. The Morgan fingerprint density at radius 3 is 3.10 bits per heavy atom. The number of aliphatic hydroxyl groups excluding tert-OH is 1. The second-order valence-electron chi connectivity index (χ2n) is 5.92. The second-order valence-corrected chi connectivity index (χ2v) is 5.92. The molecule has 112 valence electrons. The lowest BCUT2D eigenvalue weighted by Crippen LogP contribution is -2.22. The third kappa shape index (κ3) is 3.97. The molecule has 0 aliphatic carbocycles. The molecule has 2 atom stereocenters. The maximum absolute atomic E-state index is 9.04. The van der Waals surface area contributed by atoms with Crippen molar-refractivity contribution in [3.63, 3.8) is 0 Å². The van der Waals surface area contributed by atoms with E-state index >= 15 is 0 Å². The summed E-state index contributed by atoms with van der Waals surface area (Å²) in [5.41, 5.74) is 2.53. The van der Waals surface area contributed by atoms with E-state index < -0.39 is 0 Å². The Bertz CT molecular complexity index is 419. The summed E-state index contributed by atoms with van der Waals surface area (Å²) in [5, 5.41) is 12.7. The van der Waals surface area contributed by atoms with Gasteiger partial charge in [-0.3, -0.25) is 0 Å². The molecule has 3 heteroatoms. The van der Waals surface area contributed by atoms with Crippen LogP contribution in [-0.4, -0.2) is 24.9 Å². The summed E-state index contributed by atoms with van der Waals surface area (Å²) in [5.74, 6) is 1.48. The first-order valence-corrected chi connectivity index (χ1v) is 7.79. The molecular formula is C17H27NO2. The molecule has 0 amide bonds. The molecule has 0 spiro atoms. The number of hydrogen-bond acceptors (Lipinski definition) is 3. The van der Waals surface area contributed by atoms with Crippen molar-refractivity contribution < 1.29 is 9.84 Å². The van der Waals surface area contributed by atoms with Crippen LogP contribution in [0.15, 0.2) is 18.2 Å². The first-order valence-electron chi connectivity index (χ1n) is 7.79.